The first-order valence-corrected chi connectivity index (χ1v) is 7.28. The van der Waals surface area contributed by atoms with Gasteiger partial charge < -0.3 is 10.1 Å². The smallest absolute Gasteiger partial charge is 0.228 e. The summed E-state index contributed by atoms with van der Waals surface area (Å²) in [6.45, 7) is 4.53. The molecule has 1 heterocycles. The molecule has 0 aliphatic heterocycles. The molecule has 0 bridgehead atoms. The molecule has 1 aliphatic carbocycles. The number of aromatic nitrogens is 1. The molecular formula is C16H24N2O2. The third-order valence-corrected chi connectivity index (χ3v) is 4.05. The number of carbonyl (C=O) groups is 1. The molecule has 110 valence electrons. The van der Waals surface area contributed by atoms with E-state index in [1.165, 1.54) is 0 Å². The second-order valence-electron chi connectivity index (χ2n) is 5.92. The van der Waals surface area contributed by atoms with Crippen molar-refractivity contribution in [2.45, 2.75) is 45.6 Å². The van der Waals surface area contributed by atoms with E-state index in [-0.39, 0.29) is 17.4 Å². The molecular weight excluding hydrogens is 252 g/mol. The maximum Gasteiger partial charge on any atom is 0.228 e. The van der Waals surface area contributed by atoms with Crippen molar-refractivity contribution in [2.24, 2.45) is 5.41 Å². The summed E-state index contributed by atoms with van der Waals surface area (Å²) in [5.74, 6) is 0.130. The summed E-state index contributed by atoms with van der Waals surface area (Å²) >= 11 is 0. The van der Waals surface area contributed by atoms with Crippen molar-refractivity contribution in [1.82, 2.24) is 10.3 Å². The summed E-state index contributed by atoms with van der Waals surface area (Å²) in [5, 5.41) is 3.12. The minimum atomic E-state index is -0.289. The van der Waals surface area contributed by atoms with Gasteiger partial charge in [-0.15, -0.1) is 0 Å². The average Bonchev–Trinajstić information content (AvgIpc) is 2.33. The van der Waals surface area contributed by atoms with Crippen LogP contribution in [0, 0.1) is 12.3 Å². The number of hydrogen-bond donors (Lipinski definition) is 1. The Bertz CT molecular complexity index is 469. The lowest BCUT2D eigenvalue weighted by Crippen LogP contribution is -2.51. The minimum absolute atomic E-state index is 0.0890. The first-order chi connectivity index (χ1) is 9.55. The summed E-state index contributed by atoms with van der Waals surface area (Å²) in [6, 6.07) is 6.08. The third kappa shape index (κ3) is 3.37. The molecule has 1 unspecified atom stereocenters. The molecule has 1 fully saturated rings. The van der Waals surface area contributed by atoms with Crippen molar-refractivity contribution in [1.29, 1.82) is 0 Å². The van der Waals surface area contributed by atoms with Gasteiger partial charge in [0.15, 0.2) is 0 Å². The van der Waals surface area contributed by atoms with Crippen LogP contribution in [0.15, 0.2) is 18.2 Å². The molecule has 2 rings (SSSR count). The van der Waals surface area contributed by atoms with Crippen LogP contribution in [-0.2, 0) is 16.0 Å². The molecule has 20 heavy (non-hydrogen) atoms. The largest absolute Gasteiger partial charge is 0.384 e. The minimum Gasteiger partial charge on any atom is -0.384 e. The van der Waals surface area contributed by atoms with Gasteiger partial charge in [-0.3, -0.25) is 9.78 Å². The Morgan fingerprint density at radius 1 is 1.50 bits per heavy atom. The monoisotopic (exact) mass is 276 g/mol. The van der Waals surface area contributed by atoms with Crippen LogP contribution in [0.25, 0.3) is 0 Å². The molecule has 1 N–H and O–H groups in total. The summed E-state index contributed by atoms with van der Waals surface area (Å²) < 4.78 is 5.21. The quantitative estimate of drug-likeness (QED) is 0.867. The lowest BCUT2D eigenvalue weighted by molar-refractivity contribution is -0.141. The Hall–Kier alpha value is -1.42. The Morgan fingerprint density at radius 3 is 2.80 bits per heavy atom. The number of ether oxygens (including phenoxy) is 1. The van der Waals surface area contributed by atoms with Crippen LogP contribution < -0.4 is 5.32 Å². The topological polar surface area (TPSA) is 51.2 Å². The van der Waals surface area contributed by atoms with E-state index in [9.17, 15) is 4.79 Å². The van der Waals surface area contributed by atoms with Crippen LogP contribution in [0.2, 0.25) is 0 Å². The average molecular weight is 276 g/mol. The number of aryl methyl sites for hydroxylation is 1. The summed E-state index contributed by atoms with van der Waals surface area (Å²) in [7, 11) is 1.66. The molecule has 1 aromatic rings. The number of hydrogen-bond acceptors (Lipinski definition) is 3. The second kappa shape index (κ2) is 6.35. The van der Waals surface area contributed by atoms with Gasteiger partial charge in [-0.05, 0) is 38.8 Å². The van der Waals surface area contributed by atoms with Crippen LogP contribution in [0.1, 0.15) is 37.6 Å². The number of carbonyl (C=O) groups excluding carboxylic acids is 1. The van der Waals surface area contributed by atoms with Crippen LogP contribution in [0.3, 0.4) is 0 Å². The molecule has 1 amide bonds. The third-order valence-electron chi connectivity index (χ3n) is 4.05. The van der Waals surface area contributed by atoms with Crippen molar-refractivity contribution < 1.29 is 9.53 Å². The fraction of sp³-hybridized carbons (Fsp3) is 0.625. The number of pyridine rings is 1. The number of amides is 1. The summed E-state index contributed by atoms with van der Waals surface area (Å²) in [5.41, 5.74) is 1.74. The molecule has 0 saturated heterocycles. The predicted molar refractivity (Wildman–Crippen MR) is 78.4 cm³/mol. The highest BCUT2D eigenvalue weighted by Crippen LogP contribution is 2.41. The molecule has 1 saturated carbocycles. The van der Waals surface area contributed by atoms with Gasteiger partial charge in [0.05, 0.1) is 12.0 Å². The molecule has 1 atom stereocenters. The predicted octanol–water partition coefficient (Wildman–Crippen LogP) is 2.25. The number of rotatable bonds is 6. The lowest BCUT2D eigenvalue weighted by atomic mass is 9.68. The number of methoxy groups -OCH3 is 1. The summed E-state index contributed by atoms with van der Waals surface area (Å²) in [6.07, 6.45) is 3.74. The van der Waals surface area contributed by atoms with E-state index < -0.39 is 0 Å². The van der Waals surface area contributed by atoms with E-state index in [0.717, 1.165) is 37.1 Å². The van der Waals surface area contributed by atoms with Crippen LogP contribution in [-0.4, -0.2) is 30.6 Å². The van der Waals surface area contributed by atoms with Crippen LogP contribution >= 0.6 is 0 Å². The van der Waals surface area contributed by atoms with E-state index >= 15 is 0 Å². The molecule has 1 aromatic heterocycles. The van der Waals surface area contributed by atoms with Gasteiger partial charge >= 0.3 is 0 Å². The van der Waals surface area contributed by atoms with Gasteiger partial charge in [-0.1, -0.05) is 12.5 Å². The zero-order valence-electron chi connectivity index (χ0n) is 12.6. The lowest BCUT2D eigenvalue weighted by Gasteiger charge is -2.40. The Morgan fingerprint density at radius 2 is 2.25 bits per heavy atom. The molecule has 0 spiro atoms. The highest BCUT2D eigenvalue weighted by atomic mass is 16.5. The number of nitrogens with zero attached hydrogens (tertiary/aromatic N) is 1. The number of nitrogens with one attached hydrogen (secondary N) is 1. The van der Waals surface area contributed by atoms with Gasteiger partial charge in [0.2, 0.25) is 5.91 Å². The molecule has 0 radical (unpaired) electrons. The van der Waals surface area contributed by atoms with Crippen molar-refractivity contribution in [3.05, 3.63) is 29.6 Å². The van der Waals surface area contributed by atoms with Crippen molar-refractivity contribution in [2.75, 3.05) is 13.7 Å². The van der Waals surface area contributed by atoms with Gasteiger partial charge in [0, 0.05) is 31.0 Å². The van der Waals surface area contributed by atoms with E-state index in [1.54, 1.807) is 7.11 Å². The maximum absolute atomic E-state index is 12.4. The Kier molecular flexibility index (Phi) is 4.76. The maximum atomic E-state index is 12.4. The van der Waals surface area contributed by atoms with E-state index in [1.807, 2.05) is 32.0 Å². The standard InChI is InChI=1S/C16H24N2O2/c1-12-6-4-7-14(17-12)10-13(2)18-15(19)16(11-20-3)8-5-9-16/h4,6-7,13H,5,8-11H2,1-3H3,(H,18,19). The van der Waals surface area contributed by atoms with Gasteiger partial charge in [0.1, 0.15) is 0 Å². The first kappa shape index (κ1) is 15.0. The summed E-state index contributed by atoms with van der Waals surface area (Å²) in [4.78, 5) is 16.9. The first-order valence-electron chi connectivity index (χ1n) is 7.28. The van der Waals surface area contributed by atoms with E-state index in [0.29, 0.717) is 6.61 Å². The Labute approximate surface area is 120 Å². The van der Waals surface area contributed by atoms with Crippen LogP contribution in [0.4, 0.5) is 0 Å². The van der Waals surface area contributed by atoms with Gasteiger partial charge in [-0.25, -0.2) is 0 Å². The molecule has 1 aliphatic rings. The SMILES string of the molecule is COCC1(C(=O)NC(C)Cc2cccc(C)n2)CCC1. The van der Waals surface area contributed by atoms with Gasteiger partial charge in [-0.2, -0.15) is 0 Å². The van der Waals surface area contributed by atoms with E-state index in [4.69, 9.17) is 4.74 Å². The fourth-order valence-electron chi connectivity index (χ4n) is 2.77. The zero-order valence-corrected chi connectivity index (χ0v) is 12.6. The van der Waals surface area contributed by atoms with Crippen molar-refractivity contribution >= 4 is 5.91 Å². The second-order valence-corrected chi connectivity index (χ2v) is 5.92. The van der Waals surface area contributed by atoms with Crippen LogP contribution in [0.5, 0.6) is 0 Å². The van der Waals surface area contributed by atoms with Gasteiger partial charge in [0.25, 0.3) is 0 Å². The highest BCUT2D eigenvalue weighted by molar-refractivity contribution is 5.84. The molecule has 0 aromatic carbocycles. The highest BCUT2D eigenvalue weighted by Gasteiger charge is 2.44. The molecule has 4 heteroatoms. The van der Waals surface area contributed by atoms with Crippen molar-refractivity contribution in [3.63, 3.8) is 0 Å². The Balaban J connectivity index is 1.90. The van der Waals surface area contributed by atoms with Crippen molar-refractivity contribution in [3.8, 4) is 0 Å². The molecule has 4 nitrogen and oxygen atoms in total. The normalized spacial score (nSPS) is 18.1. The van der Waals surface area contributed by atoms with E-state index in [2.05, 4.69) is 10.3 Å². The zero-order chi connectivity index (χ0) is 14.6. The fourth-order valence-corrected chi connectivity index (χ4v) is 2.77.